The van der Waals surface area contributed by atoms with Crippen LogP contribution in [0.15, 0.2) is 23.1 Å². The first-order chi connectivity index (χ1) is 9.74. The molecule has 0 atom stereocenters. The van der Waals surface area contributed by atoms with E-state index in [1.54, 1.807) is 0 Å². The lowest BCUT2D eigenvalue weighted by atomic mass is 9.82. The number of rotatable bonds is 4. The van der Waals surface area contributed by atoms with Gasteiger partial charge in [-0.25, -0.2) is 21.5 Å². The predicted octanol–water partition coefficient (Wildman–Crippen LogP) is 2.40. The summed E-state index contributed by atoms with van der Waals surface area (Å²) >= 11 is 0. The Bertz CT molecular complexity index is 613. The SMILES string of the molecule is CN(CC1(C)CCOCC1)S(=O)(=O)c1ccc(F)cc1F. The maximum atomic E-state index is 13.7. The Morgan fingerprint density at radius 2 is 1.90 bits per heavy atom. The average Bonchev–Trinajstić information content (AvgIpc) is 2.38. The van der Waals surface area contributed by atoms with Gasteiger partial charge in [0.1, 0.15) is 16.5 Å². The molecule has 0 aromatic heterocycles. The molecule has 7 heteroatoms. The summed E-state index contributed by atoms with van der Waals surface area (Å²) in [6.07, 6.45) is 1.50. The highest BCUT2D eigenvalue weighted by atomic mass is 32.2. The molecule has 2 rings (SSSR count). The molecule has 0 amide bonds. The van der Waals surface area contributed by atoms with Gasteiger partial charge >= 0.3 is 0 Å². The summed E-state index contributed by atoms with van der Waals surface area (Å²) in [5, 5.41) is 0. The quantitative estimate of drug-likeness (QED) is 0.856. The van der Waals surface area contributed by atoms with Gasteiger partial charge in [-0.3, -0.25) is 0 Å². The lowest BCUT2D eigenvalue weighted by molar-refractivity contribution is 0.0174. The van der Waals surface area contributed by atoms with Crippen LogP contribution in [0.25, 0.3) is 0 Å². The van der Waals surface area contributed by atoms with Gasteiger partial charge in [0.05, 0.1) is 0 Å². The average molecular weight is 319 g/mol. The number of benzene rings is 1. The molecule has 1 aromatic carbocycles. The maximum absolute atomic E-state index is 13.7. The van der Waals surface area contributed by atoms with Gasteiger partial charge in [-0.15, -0.1) is 0 Å². The highest BCUT2D eigenvalue weighted by molar-refractivity contribution is 7.89. The standard InChI is InChI=1S/C14H19F2NO3S/c1-14(5-7-20-8-6-14)10-17(2)21(18,19)13-4-3-11(15)9-12(13)16/h3-4,9H,5-8,10H2,1-2H3. The fourth-order valence-corrected chi connectivity index (χ4v) is 3.86. The summed E-state index contributed by atoms with van der Waals surface area (Å²) in [5.41, 5.74) is -0.198. The molecule has 1 fully saturated rings. The number of hydrogen-bond acceptors (Lipinski definition) is 3. The first-order valence-electron chi connectivity index (χ1n) is 6.74. The zero-order valence-electron chi connectivity index (χ0n) is 12.1. The van der Waals surface area contributed by atoms with Gasteiger partial charge in [0.15, 0.2) is 0 Å². The first kappa shape index (κ1) is 16.3. The van der Waals surface area contributed by atoms with Crippen LogP contribution in [-0.4, -0.2) is 39.5 Å². The van der Waals surface area contributed by atoms with Crippen molar-refractivity contribution in [3.63, 3.8) is 0 Å². The Morgan fingerprint density at radius 3 is 2.48 bits per heavy atom. The molecule has 21 heavy (non-hydrogen) atoms. The largest absolute Gasteiger partial charge is 0.381 e. The van der Waals surface area contributed by atoms with E-state index in [4.69, 9.17) is 4.74 Å². The maximum Gasteiger partial charge on any atom is 0.245 e. The van der Waals surface area contributed by atoms with Crippen LogP contribution in [0.1, 0.15) is 19.8 Å². The van der Waals surface area contributed by atoms with Crippen molar-refractivity contribution >= 4 is 10.0 Å². The van der Waals surface area contributed by atoms with Gasteiger partial charge in [0.2, 0.25) is 10.0 Å². The van der Waals surface area contributed by atoms with Gasteiger partial charge in [-0.05, 0) is 30.4 Å². The number of ether oxygens (including phenoxy) is 1. The van der Waals surface area contributed by atoms with E-state index in [-0.39, 0.29) is 12.0 Å². The highest BCUT2D eigenvalue weighted by Gasteiger charge is 2.34. The van der Waals surface area contributed by atoms with E-state index >= 15 is 0 Å². The predicted molar refractivity (Wildman–Crippen MR) is 74.3 cm³/mol. The fraction of sp³-hybridized carbons (Fsp3) is 0.571. The van der Waals surface area contributed by atoms with Crippen molar-refractivity contribution in [1.82, 2.24) is 4.31 Å². The third-order valence-corrected chi connectivity index (χ3v) is 5.72. The molecule has 1 heterocycles. The summed E-state index contributed by atoms with van der Waals surface area (Å²) in [6.45, 7) is 3.45. The highest BCUT2D eigenvalue weighted by Crippen LogP contribution is 2.32. The molecule has 0 bridgehead atoms. The Kier molecular flexibility index (Phi) is 4.65. The fourth-order valence-electron chi connectivity index (χ4n) is 2.50. The van der Waals surface area contributed by atoms with Gasteiger partial charge in [0, 0.05) is 32.9 Å². The van der Waals surface area contributed by atoms with E-state index in [0.717, 1.165) is 29.3 Å². The summed E-state index contributed by atoms with van der Waals surface area (Å²) < 4.78 is 57.9. The van der Waals surface area contributed by atoms with Crippen LogP contribution in [0.2, 0.25) is 0 Å². The van der Waals surface area contributed by atoms with Crippen molar-refractivity contribution in [2.24, 2.45) is 5.41 Å². The molecule has 1 aliphatic heterocycles. The molecular weight excluding hydrogens is 300 g/mol. The van der Waals surface area contributed by atoms with E-state index in [0.29, 0.717) is 19.3 Å². The summed E-state index contributed by atoms with van der Waals surface area (Å²) in [5.74, 6) is -1.87. The van der Waals surface area contributed by atoms with Crippen LogP contribution >= 0.6 is 0 Å². The second-order valence-corrected chi connectivity index (χ2v) is 7.77. The monoisotopic (exact) mass is 319 g/mol. The second-order valence-electron chi connectivity index (χ2n) is 5.76. The minimum absolute atomic E-state index is 0.198. The number of halogens is 2. The molecule has 1 aromatic rings. The van der Waals surface area contributed by atoms with Crippen molar-refractivity contribution in [3.8, 4) is 0 Å². The smallest absolute Gasteiger partial charge is 0.245 e. The molecule has 0 saturated carbocycles. The Morgan fingerprint density at radius 1 is 1.29 bits per heavy atom. The summed E-state index contributed by atoms with van der Waals surface area (Å²) in [6, 6.07) is 2.49. The summed E-state index contributed by atoms with van der Waals surface area (Å²) in [7, 11) is -2.56. The molecule has 0 spiro atoms. The number of hydrogen-bond donors (Lipinski definition) is 0. The normalized spacial score (nSPS) is 18.9. The molecule has 4 nitrogen and oxygen atoms in total. The second kappa shape index (κ2) is 5.98. The van der Waals surface area contributed by atoms with Crippen molar-refractivity contribution < 1.29 is 21.9 Å². The minimum Gasteiger partial charge on any atom is -0.381 e. The van der Waals surface area contributed by atoms with E-state index in [1.165, 1.54) is 7.05 Å². The van der Waals surface area contributed by atoms with Crippen LogP contribution in [-0.2, 0) is 14.8 Å². The van der Waals surface area contributed by atoms with Gasteiger partial charge < -0.3 is 4.74 Å². The number of nitrogens with zero attached hydrogens (tertiary/aromatic N) is 1. The van der Waals surface area contributed by atoms with Crippen LogP contribution in [0.4, 0.5) is 8.78 Å². The zero-order valence-corrected chi connectivity index (χ0v) is 12.9. The van der Waals surface area contributed by atoms with E-state index in [9.17, 15) is 17.2 Å². The van der Waals surface area contributed by atoms with Gasteiger partial charge in [-0.2, -0.15) is 0 Å². The van der Waals surface area contributed by atoms with E-state index in [1.807, 2.05) is 6.92 Å². The van der Waals surface area contributed by atoms with Crippen molar-refractivity contribution in [1.29, 1.82) is 0 Å². The molecule has 0 N–H and O–H groups in total. The summed E-state index contributed by atoms with van der Waals surface area (Å²) in [4.78, 5) is -0.498. The molecule has 0 radical (unpaired) electrons. The minimum atomic E-state index is -3.97. The molecule has 118 valence electrons. The lowest BCUT2D eigenvalue weighted by Crippen LogP contribution is -2.40. The van der Waals surface area contributed by atoms with Gasteiger partial charge in [-0.1, -0.05) is 6.92 Å². The molecule has 0 aliphatic carbocycles. The van der Waals surface area contributed by atoms with E-state index in [2.05, 4.69) is 0 Å². The number of sulfonamides is 1. The molecule has 1 saturated heterocycles. The Balaban J connectivity index is 2.22. The molecular formula is C14H19F2NO3S. The lowest BCUT2D eigenvalue weighted by Gasteiger charge is -2.36. The van der Waals surface area contributed by atoms with Crippen molar-refractivity contribution in [2.75, 3.05) is 26.8 Å². The Hall–Kier alpha value is -1.05. The Labute approximate surface area is 123 Å². The van der Waals surface area contributed by atoms with Crippen LogP contribution < -0.4 is 0 Å². The molecule has 0 unspecified atom stereocenters. The van der Waals surface area contributed by atoms with Crippen molar-refractivity contribution in [3.05, 3.63) is 29.8 Å². The van der Waals surface area contributed by atoms with Gasteiger partial charge in [0.25, 0.3) is 0 Å². The van der Waals surface area contributed by atoms with Crippen LogP contribution in [0, 0.1) is 17.0 Å². The van der Waals surface area contributed by atoms with Crippen molar-refractivity contribution in [2.45, 2.75) is 24.7 Å². The molecule has 1 aliphatic rings. The topological polar surface area (TPSA) is 46.6 Å². The zero-order chi connectivity index (χ0) is 15.7. The third kappa shape index (κ3) is 3.59. The third-order valence-electron chi connectivity index (χ3n) is 3.89. The van der Waals surface area contributed by atoms with Crippen LogP contribution in [0.3, 0.4) is 0 Å². The first-order valence-corrected chi connectivity index (χ1v) is 8.18. The van der Waals surface area contributed by atoms with E-state index < -0.39 is 26.6 Å². The van der Waals surface area contributed by atoms with Crippen LogP contribution in [0.5, 0.6) is 0 Å².